The van der Waals surface area contributed by atoms with Gasteiger partial charge in [0.05, 0.1) is 23.0 Å². The van der Waals surface area contributed by atoms with Crippen molar-refractivity contribution >= 4 is 55.2 Å². The second kappa shape index (κ2) is 6.04. The minimum Gasteiger partial charge on any atom is -0.478 e. The minimum atomic E-state index is -4.04. The van der Waals surface area contributed by atoms with Crippen LogP contribution in [0.4, 0.5) is 5.69 Å². The summed E-state index contributed by atoms with van der Waals surface area (Å²) < 4.78 is 36.2. The average molecular weight is 385 g/mol. The number of carboxylic acid groups (broad SMARTS) is 1. The maximum atomic E-state index is 12.9. The van der Waals surface area contributed by atoms with Crippen molar-refractivity contribution < 1.29 is 18.3 Å². The van der Waals surface area contributed by atoms with Gasteiger partial charge in [-0.1, -0.05) is 36.4 Å². The van der Waals surface area contributed by atoms with E-state index in [0.29, 0.717) is 16.3 Å². The molecule has 0 aliphatic carbocycles. The van der Waals surface area contributed by atoms with Crippen LogP contribution in [0.15, 0.2) is 59.5 Å². The topological polar surface area (TPSA) is 109 Å². The Bertz CT molecular complexity index is 1270. The van der Waals surface area contributed by atoms with Crippen LogP contribution in [0.5, 0.6) is 0 Å². The van der Waals surface area contributed by atoms with E-state index in [-0.39, 0.29) is 21.7 Å². The Balaban J connectivity index is 1.88. The molecular formula is C17H11N3O4S2. The van der Waals surface area contributed by atoms with Crippen LogP contribution >= 0.6 is 11.7 Å². The number of nitrogens with one attached hydrogen (secondary N) is 1. The van der Waals surface area contributed by atoms with Crippen molar-refractivity contribution in [3.8, 4) is 0 Å². The van der Waals surface area contributed by atoms with E-state index < -0.39 is 16.0 Å². The highest BCUT2D eigenvalue weighted by Crippen LogP contribution is 2.29. The number of fused-ring (bicyclic) bond motifs is 2. The van der Waals surface area contributed by atoms with Crippen LogP contribution in [0.25, 0.3) is 21.8 Å². The fourth-order valence-corrected chi connectivity index (χ4v) is 4.62. The van der Waals surface area contributed by atoms with E-state index in [1.165, 1.54) is 12.1 Å². The molecule has 0 aliphatic rings. The number of hydrogen-bond donors (Lipinski definition) is 2. The highest BCUT2D eigenvalue weighted by Gasteiger charge is 2.23. The van der Waals surface area contributed by atoms with Crippen LogP contribution < -0.4 is 4.72 Å². The molecule has 0 spiro atoms. The molecule has 0 aliphatic heterocycles. The van der Waals surface area contributed by atoms with Crippen molar-refractivity contribution in [1.82, 2.24) is 8.75 Å². The maximum absolute atomic E-state index is 12.9. The van der Waals surface area contributed by atoms with Crippen LogP contribution in [-0.4, -0.2) is 28.2 Å². The Morgan fingerprint density at radius 3 is 2.62 bits per heavy atom. The number of aromatic carboxylic acids is 1. The Morgan fingerprint density at radius 1 is 1.00 bits per heavy atom. The van der Waals surface area contributed by atoms with Gasteiger partial charge in [-0.3, -0.25) is 4.72 Å². The zero-order chi connectivity index (χ0) is 18.3. The van der Waals surface area contributed by atoms with E-state index in [0.717, 1.165) is 11.7 Å². The van der Waals surface area contributed by atoms with Crippen molar-refractivity contribution in [2.45, 2.75) is 4.90 Å². The molecule has 1 heterocycles. The molecule has 2 N–H and O–H groups in total. The van der Waals surface area contributed by atoms with E-state index >= 15 is 0 Å². The number of carboxylic acids is 1. The average Bonchev–Trinajstić information content (AvgIpc) is 3.09. The van der Waals surface area contributed by atoms with Gasteiger partial charge in [-0.15, -0.1) is 0 Å². The fourth-order valence-electron chi connectivity index (χ4n) is 2.78. The monoisotopic (exact) mass is 385 g/mol. The molecule has 130 valence electrons. The smallest absolute Gasteiger partial charge is 0.338 e. The van der Waals surface area contributed by atoms with Crippen molar-refractivity contribution in [2.24, 2.45) is 0 Å². The quantitative estimate of drug-likeness (QED) is 0.558. The predicted molar refractivity (Wildman–Crippen MR) is 99.1 cm³/mol. The number of rotatable bonds is 4. The molecule has 0 atom stereocenters. The van der Waals surface area contributed by atoms with Gasteiger partial charge in [-0.25, -0.2) is 13.2 Å². The van der Waals surface area contributed by atoms with Crippen LogP contribution in [0.1, 0.15) is 10.4 Å². The lowest BCUT2D eigenvalue weighted by atomic mass is 10.0. The molecule has 26 heavy (non-hydrogen) atoms. The van der Waals surface area contributed by atoms with Gasteiger partial charge < -0.3 is 5.11 Å². The second-order valence-corrected chi connectivity index (χ2v) is 7.69. The fraction of sp³-hybridized carbons (Fsp3) is 0. The molecule has 7 nitrogen and oxygen atoms in total. The lowest BCUT2D eigenvalue weighted by Crippen LogP contribution is -2.16. The first kappa shape index (κ1) is 16.4. The summed E-state index contributed by atoms with van der Waals surface area (Å²) in [5, 5.41) is 10.8. The number of benzene rings is 3. The number of nitrogens with zero attached hydrogens (tertiary/aromatic N) is 2. The minimum absolute atomic E-state index is 0.00334. The van der Waals surface area contributed by atoms with Crippen LogP contribution in [0.2, 0.25) is 0 Å². The number of anilines is 1. The summed E-state index contributed by atoms with van der Waals surface area (Å²) in [7, 11) is -4.04. The summed E-state index contributed by atoms with van der Waals surface area (Å²) in [5.41, 5.74) is 0.615. The largest absolute Gasteiger partial charge is 0.478 e. The van der Waals surface area contributed by atoms with E-state index in [1.807, 2.05) is 0 Å². The molecular weight excluding hydrogens is 374 g/mol. The van der Waals surface area contributed by atoms with Crippen LogP contribution in [-0.2, 0) is 10.0 Å². The van der Waals surface area contributed by atoms with Crippen molar-refractivity contribution in [1.29, 1.82) is 0 Å². The summed E-state index contributed by atoms with van der Waals surface area (Å²) in [6, 6.07) is 14.7. The molecule has 3 aromatic carbocycles. The Hall–Kier alpha value is -3.04. The Labute approximate surface area is 152 Å². The van der Waals surface area contributed by atoms with Gasteiger partial charge in [0.25, 0.3) is 10.0 Å². The number of aromatic nitrogens is 2. The van der Waals surface area contributed by atoms with Crippen molar-refractivity contribution in [3.63, 3.8) is 0 Å². The highest BCUT2D eigenvalue weighted by molar-refractivity contribution is 7.93. The Kier molecular flexibility index (Phi) is 3.82. The van der Waals surface area contributed by atoms with Gasteiger partial charge >= 0.3 is 5.97 Å². The van der Waals surface area contributed by atoms with Gasteiger partial charge in [0, 0.05) is 0 Å². The van der Waals surface area contributed by atoms with Gasteiger partial charge in [-0.05, 0) is 29.0 Å². The Morgan fingerprint density at radius 2 is 1.81 bits per heavy atom. The highest BCUT2D eigenvalue weighted by atomic mass is 32.2. The zero-order valence-corrected chi connectivity index (χ0v) is 14.7. The van der Waals surface area contributed by atoms with Gasteiger partial charge in [0.2, 0.25) is 0 Å². The standard InChI is InChI=1S/C17H11N3O4S2/c21-17(22)15-11-5-2-1-4-10(11)8-9-12(15)20-26(23,24)14-7-3-6-13-16(14)19-25-18-13/h1-9,20H,(H,21,22). The molecule has 0 amide bonds. The zero-order valence-electron chi connectivity index (χ0n) is 13.1. The molecule has 1 aromatic heterocycles. The first-order chi connectivity index (χ1) is 12.5. The molecule has 0 radical (unpaired) electrons. The molecule has 9 heteroatoms. The van der Waals surface area contributed by atoms with Crippen molar-refractivity contribution in [3.05, 3.63) is 60.2 Å². The van der Waals surface area contributed by atoms with E-state index in [2.05, 4.69) is 13.5 Å². The molecule has 4 aromatic rings. The summed E-state index contributed by atoms with van der Waals surface area (Å²) in [6.45, 7) is 0. The molecule has 0 fully saturated rings. The van der Waals surface area contributed by atoms with Gasteiger partial charge in [-0.2, -0.15) is 8.75 Å². The van der Waals surface area contributed by atoms with E-state index in [9.17, 15) is 18.3 Å². The third-order valence-corrected chi connectivity index (χ3v) is 5.87. The number of sulfonamides is 1. The van der Waals surface area contributed by atoms with Crippen molar-refractivity contribution in [2.75, 3.05) is 4.72 Å². The van der Waals surface area contributed by atoms with Gasteiger partial charge in [0.1, 0.15) is 15.9 Å². The summed E-state index contributed by atoms with van der Waals surface area (Å²) >= 11 is 0.913. The SMILES string of the molecule is O=C(O)c1c(NS(=O)(=O)c2cccc3nsnc23)ccc2ccccc12. The lowest BCUT2D eigenvalue weighted by Gasteiger charge is -2.13. The summed E-state index contributed by atoms with van der Waals surface area (Å²) in [4.78, 5) is 11.7. The van der Waals surface area contributed by atoms with E-state index in [1.54, 1.807) is 42.5 Å². The first-order valence-corrected chi connectivity index (χ1v) is 9.68. The molecule has 0 bridgehead atoms. The van der Waals surface area contributed by atoms with E-state index in [4.69, 9.17) is 0 Å². The summed E-state index contributed by atoms with van der Waals surface area (Å²) in [5.74, 6) is -1.21. The van der Waals surface area contributed by atoms with Gasteiger partial charge in [0.15, 0.2) is 0 Å². The van der Waals surface area contributed by atoms with Crippen LogP contribution in [0, 0.1) is 0 Å². The maximum Gasteiger partial charge on any atom is 0.338 e. The third kappa shape index (κ3) is 2.67. The normalized spacial score (nSPS) is 11.7. The summed E-state index contributed by atoms with van der Waals surface area (Å²) in [6.07, 6.45) is 0. The lowest BCUT2D eigenvalue weighted by molar-refractivity contribution is 0.0700. The third-order valence-electron chi connectivity index (χ3n) is 3.93. The van der Waals surface area contributed by atoms with Crippen LogP contribution in [0.3, 0.4) is 0 Å². The molecule has 0 unspecified atom stereocenters. The number of carbonyl (C=O) groups is 1. The molecule has 0 saturated heterocycles. The predicted octanol–water partition coefficient (Wildman–Crippen LogP) is 3.34. The second-order valence-electron chi connectivity index (χ2n) is 5.51. The molecule has 4 rings (SSSR count). The molecule has 0 saturated carbocycles. The number of hydrogen-bond acceptors (Lipinski definition) is 6. The first-order valence-electron chi connectivity index (χ1n) is 7.46.